The van der Waals surface area contributed by atoms with E-state index >= 15 is 0 Å². The molecular formula is C15H32N2O2. The minimum Gasteiger partial charge on any atom is -0.394 e. The van der Waals surface area contributed by atoms with Crippen LogP contribution in [0.25, 0.3) is 0 Å². The van der Waals surface area contributed by atoms with E-state index in [1.165, 1.54) is 13.0 Å². The van der Waals surface area contributed by atoms with Crippen molar-refractivity contribution < 1.29 is 9.84 Å². The number of hydrogen-bond acceptors (Lipinski definition) is 4. The number of likely N-dealkylation sites (N-methyl/N-ethyl adjacent to an activating group) is 1. The zero-order valence-electron chi connectivity index (χ0n) is 13.1. The zero-order valence-corrected chi connectivity index (χ0v) is 13.1. The average molecular weight is 272 g/mol. The third-order valence-electron chi connectivity index (χ3n) is 4.43. The molecule has 3 unspecified atom stereocenters. The van der Waals surface area contributed by atoms with E-state index < -0.39 is 0 Å². The van der Waals surface area contributed by atoms with Crippen LogP contribution in [0.2, 0.25) is 0 Å². The van der Waals surface area contributed by atoms with Crippen molar-refractivity contribution in [1.29, 1.82) is 0 Å². The maximum absolute atomic E-state index is 9.47. The molecule has 0 aromatic rings. The first-order valence-electron chi connectivity index (χ1n) is 7.65. The lowest BCUT2D eigenvalue weighted by Crippen LogP contribution is -2.47. The second kappa shape index (κ2) is 8.20. The first-order chi connectivity index (χ1) is 9.04. The van der Waals surface area contributed by atoms with Crippen molar-refractivity contribution in [2.24, 2.45) is 5.92 Å². The van der Waals surface area contributed by atoms with Crippen LogP contribution < -0.4 is 5.32 Å². The molecule has 4 nitrogen and oxygen atoms in total. The lowest BCUT2D eigenvalue weighted by molar-refractivity contribution is -0.00597. The summed E-state index contributed by atoms with van der Waals surface area (Å²) in [6.45, 7) is 10.9. The fourth-order valence-corrected chi connectivity index (χ4v) is 2.95. The highest BCUT2D eigenvalue weighted by Gasteiger charge is 2.26. The number of methoxy groups -OCH3 is 1. The van der Waals surface area contributed by atoms with Crippen LogP contribution in [-0.2, 0) is 4.74 Å². The molecule has 4 heteroatoms. The Morgan fingerprint density at radius 2 is 2.21 bits per heavy atom. The van der Waals surface area contributed by atoms with Crippen LogP contribution in [0.5, 0.6) is 0 Å². The Morgan fingerprint density at radius 3 is 2.79 bits per heavy atom. The van der Waals surface area contributed by atoms with E-state index in [9.17, 15) is 5.11 Å². The smallest absolute Gasteiger partial charge is 0.0724 e. The van der Waals surface area contributed by atoms with Crippen LogP contribution in [0.4, 0.5) is 0 Å². The molecule has 1 fully saturated rings. The molecule has 0 bridgehead atoms. The minimum atomic E-state index is -0.127. The van der Waals surface area contributed by atoms with Gasteiger partial charge in [0, 0.05) is 19.2 Å². The number of nitrogens with one attached hydrogen (secondary N) is 1. The molecule has 1 aliphatic rings. The summed E-state index contributed by atoms with van der Waals surface area (Å²) in [7, 11) is 1.82. The standard InChI is InChI=1S/C15H32N2O2/c1-5-16-15(3,12-18)8-6-9-17-10-7-13(2)14(11-17)19-4/h13-14,16,18H,5-12H2,1-4H3. The van der Waals surface area contributed by atoms with Crippen molar-refractivity contribution >= 4 is 0 Å². The minimum absolute atomic E-state index is 0.127. The van der Waals surface area contributed by atoms with Crippen LogP contribution in [0, 0.1) is 5.92 Å². The molecule has 1 heterocycles. The van der Waals surface area contributed by atoms with E-state index in [1.54, 1.807) is 0 Å². The summed E-state index contributed by atoms with van der Waals surface area (Å²) in [6, 6.07) is 0. The second-order valence-corrected chi connectivity index (χ2v) is 6.19. The summed E-state index contributed by atoms with van der Waals surface area (Å²) < 4.78 is 5.55. The predicted octanol–water partition coefficient (Wildman–Crippen LogP) is 1.48. The summed E-state index contributed by atoms with van der Waals surface area (Å²) in [4.78, 5) is 2.50. The van der Waals surface area contributed by atoms with Crippen molar-refractivity contribution in [3.05, 3.63) is 0 Å². The average Bonchev–Trinajstić information content (AvgIpc) is 2.41. The van der Waals surface area contributed by atoms with Gasteiger partial charge < -0.3 is 20.1 Å². The van der Waals surface area contributed by atoms with E-state index in [1.807, 2.05) is 7.11 Å². The molecule has 0 aromatic heterocycles. The molecule has 3 atom stereocenters. The van der Waals surface area contributed by atoms with Gasteiger partial charge in [0.15, 0.2) is 0 Å². The SMILES string of the molecule is CCNC(C)(CO)CCCN1CCC(C)C(OC)C1. The number of likely N-dealkylation sites (tertiary alicyclic amines) is 1. The van der Waals surface area contributed by atoms with Gasteiger partial charge in [-0.15, -0.1) is 0 Å². The van der Waals surface area contributed by atoms with Gasteiger partial charge in [0.2, 0.25) is 0 Å². The number of nitrogens with zero attached hydrogens (tertiary/aromatic N) is 1. The molecule has 0 spiro atoms. The molecule has 0 aromatic carbocycles. The number of aliphatic hydroxyl groups is 1. The molecule has 1 aliphatic heterocycles. The number of aliphatic hydroxyl groups excluding tert-OH is 1. The van der Waals surface area contributed by atoms with E-state index in [0.717, 1.165) is 32.5 Å². The second-order valence-electron chi connectivity index (χ2n) is 6.19. The highest BCUT2D eigenvalue weighted by atomic mass is 16.5. The zero-order chi connectivity index (χ0) is 14.3. The number of rotatable bonds is 8. The molecular weight excluding hydrogens is 240 g/mol. The Kier molecular flexibility index (Phi) is 7.29. The van der Waals surface area contributed by atoms with Crippen molar-refractivity contribution in [2.45, 2.75) is 51.7 Å². The van der Waals surface area contributed by atoms with Gasteiger partial charge in [0.05, 0.1) is 12.7 Å². The van der Waals surface area contributed by atoms with Crippen molar-refractivity contribution in [3.8, 4) is 0 Å². The normalized spacial score (nSPS) is 28.3. The van der Waals surface area contributed by atoms with Gasteiger partial charge in [-0.05, 0) is 51.7 Å². The van der Waals surface area contributed by atoms with Gasteiger partial charge in [-0.3, -0.25) is 0 Å². The lowest BCUT2D eigenvalue weighted by atomic mass is 9.94. The summed E-state index contributed by atoms with van der Waals surface area (Å²) in [5, 5.41) is 12.9. The maximum atomic E-state index is 9.47. The molecule has 19 heavy (non-hydrogen) atoms. The molecule has 2 N–H and O–H groups in total. The fourth-order valence-electron chi connectivity index (χ4n) is 2.95. The topological polar surface area (TPSA) is 44.7 Å². The lowest BCUT2D eigenvalue weighted by Gasteiger charge is -2.37. The first-order valence-corrected chi connectivity index (χ1v) is 7.65. The molecule has 0 saturated carbocycles. The van der Waals surface area contributed by atoms with Gasteiger partial charge in [-0.25, -0.2) is 0 Å². The van der Waals surface area contributed by atoms with Crippen LogP contribution in [0.3, 0.4) is 0 Å². The summed E-state index contributed by atoms with van der Waals surface area (Å²) >= 11 is 0. The summed E-state index contributed by atoms with van der Waals surface area (Å²) in [5.74, 6) is 0.672. The number of hydrogen-bond donors (Lipinski definition) is 2. The van der Waals surface area contributed by atoms with E-state index in [4.69, 9.17) is 4.74 Å². The summed E-state index contributed by atoms with van der Waals surface area (Å²) in [5.41, 5.74) is -0.127. The number of ether oxygens (including phenoxy) is 1. The summed E-state index contributed by atoms with van der Waals surface area (Å²) in [6.07, 6.45) is 3.74. The first kappa shape index (κ1) is 16.9. The van der Waals surface area contributed by atoms with E-state index in [-0.39, 0.29) is 12.1 Å². The fraction of sp³-hybridized carbons (Fsp3) is 1.00. The van der Waals surface area contributed by atoms with Crippen LogP contribution in [0.1, 0.15) is 40.0 Å². The molecule has 1 saturated heterocycles. The molecule has 114 valence electrons. The number of piperidine rings is 1. The van der Waals surface area contributed by atoms with Crippen molar-refractivity contribution in [1.82, 2.24) is 10.2 Å². The highest BCUT2D eigenvalue weighted by molar-refractivity contribution is 4.83. The van der Waals surface area contributed by atoms with Crippen molar-refractivity contribution in [3.63, 3.8) is 0 Å². The Labute approximate surface area is 118 Å². The monoisotopic (exact) mass is 272 g/mol. The van der Waals surface area contributed by atoms with Gasteiger partial charge in [-0.2, -0.15) is 0 Å². The molecule has 1 rings (SSSR count). The Morgan fingerprint density at radius 1 is 1.47 bits per heavy atom. The van der Waals surface area contributed by atoms with E-state index in [0.29, 0.717) is 12.0 Å². The van der Waals surface area contributed by atoms with Gasteiger partial charge in [0.1, 0.15) is 0 Å². The Balaban J connectivity index is 2.29. The van der Waals surface area contributed by atoms with E-state index in [2.05, 4.69) is 31.0 Å². The predicted molar refractivity (Wildman–Crippen MR) is 79.4 cm³/mol. The maximum Gasteiger partial charge on any atom is 0.0724 e. The van der Waals surface area contributed by atoms with Gasteiger partial charge in [0.25, 0.3) is 0 Å². The van der Waals surface area contributed by atoms with Gasteiger partial charge >= 0.3 is 0 Å². The molecule has 0 radical (unpaired) electrons. The third kappa shape index (κ3) is 5.38. The van der Waals surface area contributed by atoms with Crippen LogP contribution in [-0.4, -0.2) is 61.5 Å². The van der Waals surface area contributed by atoms with Gasteiger partial charge in [-0.1, -0.05) is 13.8 Å². The van der Waals surface area contributed by atoms with Crippen molar-refractivity contribution in [2.75, 3.05) is 39.9 Å². The van der Waals surface area contributed by atoms with Crippen LogP contribution in [0.15, 0.2) is 0 Å². The molecule has 0 aliphatic carbocycles. The Bertz CT molecular complexity index is 250. The third-order valence-corrected chi connectivity index (χ3v) is 4.43. The molecule has 0 amide bonds. The quantitative estimate of drug-likeness (QED) is 0.702. The largest absolute Gasteiger partial charge is 0.394 e. The highest BCUT2D eigenvalue weighted by Crippen LogP contribution is 2.20. The van der Waals surface area contributed by atoms with Crippen LogP contribution >= 0.6 is 0 Å². The Hall–Kier alpha value is -0.160.